The fraction of sp³-hybridized carbons (Fsp3) is 0.417. The van der Waals surface area contributed by atoms with E-state index in [0.29, 0.717) is 15.8 Å². The normalized spacial score (nSPS) is 16.6. The molecule has 5 heteroatoms. The standard InChI is InChI=1S/C12H13BrO4/c1-17-11-8(13)3-2-7(10(11)16)12(4-5-12)6-9(14)15/h2-3,16H,4-6H2,1H3,(H,14,15). The Morgan fingerprint density at radius 2 is 2.18 bits per heavy atom. The number of aliphatic carboxylic acids is 1. The van der Waals surface area contributed by atoms with E-state index < -0.39 is 11.4 Å². The molecule has 92 valence electrons. The van der Waals surface area contributed by atoms with Crippen molar-refractivity contribution in [1.29, 1.82) is 0 Å². The quantitative estimate of drug-likeness (QED) is 0.897. The van der Waals surface area contributed by atoms with Crippen LogP contribution in [0.5, 0.6) is 11.5 Å². The number of halogens is 1. The van der Waals surface area contributed by atoms with Gasteiger partial charge in [-0.15, -0.1) is 0 Å². The van der Waals surface area contributed by atoms with Crippen LogP contribution in [0.15, 0.2) is 16.6 Å². The Morgan fingerprint density at radius 1 is 1.53 bits per heavy atom. The topological polar surface area (TPSA) is 66.8 Å². The number of carboxylic acids is 1. The first-order valence-electron chi connectivity index (χ1n) is 5.28. The number of phenols is 1. The molecule has 1 aromatic rings. The van der Waals surface area contributed by atoms with E-state index in [1.165, 1.54) is 7.11 Å². The molecule has 0 heterocycles. The van der Waals surface area contributed by atoms with E-state index in [2.05, 4.69) is 15.9 Å². The molecule has 1 aliphatic rings. The van der Waals surface area contributed by atoms with Gasteiger partial charge in [0.25, 0.3) is 0 Å². The van der Waals surface area contributed by atoms with Crippen LogP contribution in [0.4, 0.5) is 0 Å². The first-order valence-corrected chi connectivity index (χ1v) is 6.07. The van der Waals surface area contributed by atoms with Crippen LogP contribution in [0.1, 0.15) is 24.8 Å². The highest BCUT2D eigenvalue weighted by atomic mass is 79.9. The van der Waals surface area contributed by atoms with Gasteiger partial charge in [-0.3, -0.25) is 4.79 Å². The van der Waals surface area contributed by atoms with Crippen LogP contribution in [0, 0.1) is 0 Å². The lowest BCUT2D eigenvalue weighted by Crippen LogP contribution is -2.13. The van der Waals surface area contributed by atoms with Crippen molar-refractivity contribution in [3.8, 4) is 11.5 Å². The minimum Gasteiger partial charge on any atom is -0.504 e. The largest absolute Gasteiger partial charge is 0.504 e. The van der Waals surface area contributed by atoms with Crippen molar-refractivity contribution in [2.75, 3.05) is 7.11 Å². The molecular formula is C12H13BrO4. The Labute approximate surface area is 107 Å². The van der Waals surface area contributed by atoms with E-state index >= 15 is 0 Å². The van der Waals surface area contributed by atoms with Crippen molar-refractivity contribution in [3.63, 3.8) is 0 Å². The second kappa shape index (κ2) is 4.22. The monoisotopic (exact) mass is 300 g/mol. The predicted octanol–water partition coefficient (Wildman–Crippen LogP) is 2.67. The molecule has 0 amide bonds. The number of hydrogen-bond acceptors (Lipinski definition) is 3. The zero-order valence-corrected chi connectivity index (χ0v) is 11.0. The van der Waals surface area contributed by atoms with Crippen molar-refractivity contribution in [2.24, 2.45) is 0 Å². The molecule has 0 bridgehead atoms. The molecule has 4 nitrogen and oxygen atoms in total. The summed E-state index contributed by atoms with van der Waals surface area (Å²) in [4.78, 5) is 10.8. The maximum Gasteiger partial charge on any atom is 0.304 e. The van der Waals surface area contributed by atoms with E-state index in [0.717, 1.165) is 12.8 Å². The molecule has 0 radical (unpaired) electrons. The number of aromatic hydroxyl groups is 1. The molecule has 0 aliphatic heterocycles. The van der Waals surface area contributed by atoms with E-state index in [9.17, 15) is 9.90 Å². The van der Waals surface area contributed by atoms with E-state index in [-0.39, 0.29) is 12.2 Å². The Balaban J connectivity index is 2.43. The minimum atomic E-state index is -0.844. The third kappa shape index (κ3) is 2.11. The number of carboxylic acid groups (broad SMARTS) is 1. The van der Waals surface area contributed by atoms with Crippen LogP contribution >= 0.6 is 15.9 Å². The number of methoxy groups -OCH3 is 1. The Bertz CT molecular complexity index is 466. The zero-order valence-electron chi connectivity index (χ0n) is 9.36. The van der Waals surface area contributed by atoms with E-state index in [4.69, 9.17) is 9.84 Å². The van der Waals surface area contributed by atoms with Gasteiger partial charge in [-0.25, -0.2) is 0 Å². The number of rotatable bonds is 4. The molecule has 1 fully saturated rings. The molecule has 17 heavy (non-hydrogen) atoms. The Kier molecular flexibility index (Phi) is 3.03. The van der Waals surface area contributed by atoms with Crippen molar-refractivity contribution in [2.45, 2.75) is 24.7 Å². The molecule has 0 unspecified atom stereocenters. The summed E-state index contributed by atoms with van der Waals surface area (Å²) in [6.45, 7) is 0. The van der Waals surface area contributed by atoms with Crippen molar-refractivity contribution >= 4 is 21.9 Å². The van der Waals surface area contributed by atoms with Gasteiger partial charge in [0.05, 0.1) is 18.0 Å². The summed E-state index contributed by atoms with van der Waals surface area (Å²) in [5.74, 6) is -0.441. The maximum absolute atomic E-state index is 10.8. The van der Waals surface area contributed by atoms with Gasteiger partial charge < -0.3 is 14.9 Å². The third-order valence-electron chi connectivity index (χ3n) is 3.20. The van der Waals surface area contributed by atoms with Crippen LogP contribution in [0.3, 0.4) is 0 Å². The lowest BCUT2D eigenvalue weighted by Gasteiger charge is -2.17. The molecule has 1 aliphatic carbocycles. The lowest BCUT2D eigenvalue weighted by atomic mass is 9.91. The number of hydrogen-bond donors (Lipinski definition) is 2. The minimum absolute atomic E-state index is 0.0422. The maximum atomic E-state index is 10.8. The van der Waals surface area contributed by atoms with Gasteiger partial charge in [0.15, 0.2) is 11.5 Å². The summed E-state index contributed by atoms with van der Waals surface area (Å²) in [5.41, 5.74) is 0.254. The van der Waals surface area contributed by atoms with Gasteiger partial charge in [-0.05, 0) is 34.8 Å². The second-order valence-corrected chi connectivity index (χ2v) is 5.18. The van der Waals surface area contributed by atoms with E-state index in [1.54, 1.807) is 12.1 Å². The first kappa shape index (κ1) is 12.2. The molecule has 0 spiro atoms. The van der Waals surface area contributed by atoms with Gasteiger partial charge in [0, 0.05) is 11.0 Å². The molecule has 0 atom stereocenters. The number of phenolic OH excluding ortho intramolecular Hbond substituents is 1. The molecule has 0 aromatic heterocycles. The fourth-order valence-corrected chi connectivity index (χ4v) is 2.63. The van der Waals surface area contributed by atoms with Gasteiger partial charge in [-0.1, -0.05) is 6.07 Å². The van der Waals surface area contributed by atoms with Crippen LogP contribution in [-0.4, -0.2) is 23.3 Å². The molecule has 1 saturated carbocycles. The van der Waals surface area contributed by atoms with Crippen molar-refractivity contribution in [1.82, 2.24) is 0 Å². The van der Waals surface area contributed by atoms with Gasteiger partial charge in [0.1, 0.15) is 0 Å². The summed E-state index contributed by atoms with van der Waals surface area (Å²) in [5, 5.41) is 19.0. The summed E-state index contributed by atoms with van der Waals surface area (Å²) < 4.78 is 5.76. The Morgan fingerprint density at radius 3 is 2.65 bits per heavy atom. The van der Waals surface area contributed by atoms with Gasteiger partial charge in [0.2, 0.25) is 0 Å². The van der Waals surface area contributed by atoms with Crippen LogP contribution in [-0.2, 0) is 10.2 Å². The number of ether oxygens (including phenoxy) is 1. The smallest absolute Gasteiger partial charge is 0.304 e. The highest BCUT2D eigenvalue weighted by Gasteiger charge is 2.48. The highest BCUT2D eigenvalue weighted by molar-refractivity contribution is 9.10. The summed E-state index contributed by atoms with van der Waals surface area (Å²) in [6, 6.07) is 3.54. The lowest BCUT2D eigenvalue weighted by molar-refractivity contribution is -0.137. The van der Waals surface area contributed by atoms with Crippen LogP contribution in [0.2, 0.25) is 0 Å². The molecular weight excluding hydrogens is 288 g/mol. The first-order chi connectivity index (χ1) is 8.00. The van der Waals surface area contributed by atoms with Gasteiger partial charge >= 0.3 is 5.97 Å². The summed E-state index contributed by atoms with van der Waals surface area (Å²) in [7, 11) is 1.47. The molecule has 1 aromatic carbocycles. The highest BCUT2D eigenvalue weighted by Crippen LogP contribution is 2.56. The third-order valence-corrected chi connectivity index (χ3v) is 3.83. The molecule has 0 saturated heterocycles. The second-order valence-electron chi connectivity index (χ2n) is 4.33. The van der Waals surface area contributed by atoms with Crippen molar-refractivity contribution in [3.05, 3.63) is 22.2 Å². The van der Waals surface area contributed by atoms with E-state index in [1.807, 2.05) is 0 Å². The SMILES string of the molecule is COc1c(Br)ccc(C2(CC(=O)O)CC2)c1O. The fourth-order valence-electron chi connectivity index (χ4n) is 2.15. The Hall–Kier alpha value is -1.23. The molecule has 2 rings (SSSR count). The number of carbonyl (C=O) groups is 1. The van der Waals surface area contributed by atoms with Gasteiger partial charge in [-0.2, -0.15) is 0 Å². The average molecular weight is 301 g/mol. The number of benzene rings is 1. The van der Waals surface area contributed by atoms with Crippen LogP contribution in [0.25, 0.3) is 0 Å². The summed E-state index contributed by atoms with van der Waals surface area (Å²) >= 11 is 3.28. The molecule has 2 N–H and O–H groups in total. The predicted molar refractivity (Wildman–Crippen MR) is 65.5 cm³/mol. The van der Waals surface area contributed by atoms with Crippen molar-refractivity contribution < 1.29 is 19.7 Å². The average Bonchev–Trinajstić information content (AvgIpc) is 2.98. The summed E-state index contributed by atoms with van der Waals surface area (Å²) in [6.07, 6.45) is 1.63. The van der Waals surface area contributed by atoms with Crippen LogP contribution < -0.4 is 4.74 Å². The zero-order chi connectivity index (χ0) is 12.6.